The highest BCUT2D eigenvalue weighted by Gasteiger charge is 2.40. The molecule has 5 heteroatoms. The average molecular weight is 255 g/mol. The van der Waals surface area contributed by atoms with Gasteiger partial charge in [0.15, 0.2) is 0 Å². The van der Waals surface area contributed by atoms with Crippen LogP contribution >= 0.6 is 0 Å². The Kier molecular flexibility index (Phi) is 3.11. The molecular formula is C13H15F2NO2. The second-order valence-electron chi connectivity index (χ2n) is 4.96. The summed E-state index contributed by atoms with van der Waals surface area (Å²) in [5.74, 6) is -1.52. The molecule has 1 aliphatic rings. The molecule has 0 unspecified atom stereocenters. The molecule has 0 aliphatic carbocycles. The van der Waals surface area contributed by atoms with Crippen molar-refractivity contribution in [3.05, 3.63) is 35.4 Å². The number of hydrogen-bond donors (Lipinski definition) is 0. The van der Waals surface area contributed by atoms with Crippen molar-refractivity contribution in [2.24, 2.45) is 0 Å². The van der Waals surface area contributed by atoms with Gasteiger partial charge in [-0.15, -0.1) is 0 Å². The first-order chi connectivity index (χ1) is 8.31. The number of ether oxygens (including phenoxy) is 1. The van der Waals surface area contributed by atoms with Crippen LogP contribution in [-0.2, 0) is 9.53 Å². The van der Waals surface area contributed by atoms with Crippen LogP contribution in [0.1, 0.15) is 25.5 Å². The van der Waals surface area contributed by atoms with E-state index in [1.807, 2.05) is 0 Å². The highest BCUT2D eigenvalue weighted by atomic mass is 19.1. The molecule has 0 N–H and O–H groups in total. The maximum Gasteiger partial charge on any atom is 0.254 e. The van der Waals surface area contributed by atoms with Crippen molar-refractivity contribution >= 4 is 5.91 Å². The van der Waals surface area contributed by atoms with Crippen molar-refractivity contribution in [2.45, 2.75) is 25.5 Å². The molecule has 1 aromatic rings. The van der Waals surface area contributed by atoms with E-state index in [0.29, 0.717) is 5.56 Å². The summed E-state index contributed by atoms with van der Waals surface area (Å²) in [4.78, 5) is 13.5. The monoisotopic (exact) mass is 255 g/mol. The summed E-state index contributed by atoms with van der Waals surface area (Å²) in [5.41, 5.74) is -0.490. The van der Waals surface area contributed by atoms with Crippen molar-refractivity contribution < 1.29 is 18.3 Å². The number of carbonyl (C=O) groups is 1. The van der Waals surface area contributed by atoms with E-state index in [-0.39, 0.29) is 12.5 Å². The summed E-state index contributed by atoms with van der Waals surface area (Å²) in [7, 11) is 1.61. The van der Waals surface area contributed by atoms with Crippen LogP contribution in [0.4, 0.5) is 8.78 Å². The van der Waals surface area contributed by atoms with Gasteiger partial charge in [0.2, 0.25) is 0 Å². The summed E-state index contributed by atoms with van der Waals surface area (Å²) < 4.78 is 31.8. The first-order valence-corrected chi connectivity index (χ1v) is 5.68. The predicted molar refractivity (Wildman–Crippen MR) is 61.9 cm³/mol. The molecule has 3 nitrogen and oxygen atoms in total. The topological polar surface area (TPSA) is 29.5 Å². The molecule has 1 amide bonds. The molecule has 1 aromatic carbocycles. The van der Waals surface area contributed by atoms with Gasteiger partial charge in [-0.3, -0.25) is 4.79 Å². The first-order valence-electron chi connectivity index (χ1n) is 5.68. The lowest BCUT2D eigenvalue weighted by Crippen LogP contribution is -2.53. The number of amides is 1. The van der Waals surface area contributed by atoms with Gasteiger partial charge in [-0.25, -0.2) is 8.78 Å². The molecule has 1 heterocycles. The molecule has 98 valence electrons. The number of halogens is 2. The van der Waals surface area contributed by atoms with Gasteiger partial charge in [0.05, 0.1) is 12.6 Å². The molecule has 0 aromatic heterocycles. The Labute approximate surface area is 104 Å². The molecule has 0 saturated carbocycles. The lowest BCUT2D eigenvalue weighted by Gasteiger charge is -2.41. The second kappa shape index (κ2) is 4.31. The number of hydrogen-bond acceptors (Lipinski definition) is 2. The van der Waals surface area contributed by atoms with Crippen molar-refractivity contribution in [3.8, 4) is 0 Å². The number of rotatable bonds is 1. The minimum Gasteiger partial charge on any atom is -0.363 e. The van der Waals surface area contributed by atoms with Crippen LogP contribution in [-0.4, -0.2) is 30.1 Å². The Morgan fingerprint density at radius 3 is 2.39 bits per heavy atom. The largest absolute Gasteiger partial charge is 0.363 e. The van der Waals surface area contributed by atoms with Gasteiger partial charge < -0.3 is 9.64 Å². The molecule has 1 atom stereocenters. The van der Waals surface area contributed by atoms with Gasteiger partial charge in [0.1, 0.15) is 17.2 Å². The molecule has 0 spiro atoms. The summed E-state index contributed by atoms with van der Waals surface area (Å²) >= 11 is 0. The van der Waals surface area contributed by atoms with Crippen molar-refractivity contribution in [2.75, 3.05) is 13.7 Å². The zero-order valence-electron chi connectivity index (χ0n) is 10.5. The molecule has 1 fully saturated rings. The number of morpholine rings is 1. The van der Waals surface area contributed by atoms with E-state index >= 15 is 0 Å². The fraction of sp³-hybridized carbons (Fsp3) is 0.462. The van der Waals surface area contributed by atoms with Crippen LogP contribution in [0, 0.1) is 11.6 Å². The summed E-state index contributed by atoms with van der Waals surface area (Å²) in [6.07, 6.45) is 0. The summed E-state index contributed by atoms with van der Waals surface area (Å²) in [5, 5.41) is 0. The van der Waals surface area contributed by atoms with Gasteiger partial charge in [-0.05, 0) is 31.5 Å². The summed E-state index contributed by atoms with van der Waals surface area (Å²) in [6, 6.07) is 2.79. The highest BCUT2D eigenvalue weighted by Crippen LogP contribution is 2.30. The van der Waals surface area contributed by atoms with Gasteiger partial charge in [-0.2, -0.15) is 0 Å². The molecular weight excluding hydrogens is 240 g/mol. The maximum absolute atomic E-state index is 13.2. The van der Waals surface area contributed by atoms with Gasteiger partial charge in [0.25, 0.3) is 5.91 Å². The van der Waals surface area contributed by atoms with E-state index in [4.69, 9.17) is 4.74 Å². The Morgan fingerprint density at radius 2 is 1.83 bits per heavy atom. The van der Waals surface area contributed by atoms with Crippen LogP contribution in [0.5, 0.6) is 0 Å². The van der Waals surface area contributed by atoms with Crippen LogP contribution in [0.2, 0.25) is 0 Å². The van der Waals surface area contributed by atoms with Crippen molar-refractivity contribution in [1.82, 2.24) is 4.90 Å². The van der Waals surface area contributed by atoms with Crippen molar-refractivity contribution in [1.29, 1.82) is 0 Å². The fourth-order valence-corrected chi connectivity index (χ4v) is 2.11. The third-order valence-electron chi connectivity index (χ3n) is 3.17. The Hall–Kier alpha value is -1.49. The third-order valence-corrected chi connectivity index (χ3v) is 3.17. The van der Waals surface area contributed by atoms with Crippen LogP contribution in [0.15, 0.2) is 18.2 Å². The van der Waals surface area contributed by atoms with Crippen LogP contribution < -0.4 is 0 Å². The lowest BCUT2D eigenvalue weighted by atomic mass is 9.99. The molecule has 2 rings (SSSR count). The normalized spacial score (nSPS) is 23.3. The predicted octanol–water partition coefficient (Wildman–Crippen LogP) is 2.27. The number of nitrogens with zero attached hydrogens (tertiary/aromatic N) is 1. The minimum absolute atomic E-state index is 0.205. The number of benzene rings is 1. The van der Waals surface area contributed by atoms with Crippen LogP contribution in [0.25, 0.3) is 0 Å². The first kappa shape index (κ1) is 13.0. The zero-order valence-corrected chi connectivity index (χ0v) is 10.5. The van der Waals surface area contributed by atoms with E-state index < -0.39 is 23.3 Å². The molecule has 1 aliphatic heterocycles. The van der Waals surface area contributed by atoms with Gasteiger partial charge in [0, 0.05) is 13.1 Å². The fourth-order valence-electron chi connectivity index (χ4n) is 2.11. The van der Waals surface area contributed by atoms with E-state index in [9.17, 15) is 13.6 Å². The van der Waals surface area contributed by atoms with Gasteiger partial charge >= 0.3 is 0 Å². The Balaban J connectivity index is 2.32. The molecule has 0 radical (unpaired) electrons. The maximum atomic E-state index is 13.2. The van der Waals surface area contributed by atoms with E-state index in [1.54, 1.807) is 20.9 Å². The van der Waals surface area contributed by atoms with E-state index in [2.05, 4.69) is 0 Å². The van der Waals surface area contributed by atoms with E-state index in [0.717, 1.165) is 6.07 Å². The van der Waals surface area contributed by atoms with E-state index in [1.165, 1.54) is 17.0 Å². The second-order valence-corrected chi connectivity index (χ2v) is 4.96. The average Bonchev–Trinajstić information content (AvgIpc) is 2.25. The zero-order chi connectivity index (χ0) is 13.5. The highest BCUT2D eigenvalue weighted by molar-refractivity contribution is 5.85. The Morgan fingerprint density at radius 1 is 1.28 bits per heavy atom. The minimum atomic E-state index is -0.892. The smallest absolute Gasteiger partial charge is 0.254 e. The molecule has 18 heavy (non-hydrogen) atoms. The Bertz CT molecular complexity index is 468. The SMILES string of the molecule is CN1C(=O)C(C)(C)OC[C@H]1c1cc(F)cc(F)c1. The number of likely N-dealkylation sites (N-methyl/N-ethyl adjacent to an activating group) is 1. The molecule has 0 bridgehead atoms. The standard InChI is InChI=1S/C13H15F2NO2/c1-13(2)12(17)16(3)11(7-18-13)8-4-9(14)6-10(15)5-8/h4-6,11H,7H2,1-3H3/t11-/m0/s1. The van der Waals surface area contributed by atoms with Gasteiger partial charge in [-0.1, -0.05) is 0 Å². The molecule has 1 saturated heterocycles. The summed E-state index contributed by atoms with van der Waals surface area (Å²) in [6.45, 7) is 3.57. The quantitative estimate of drug-likeness (QED) is 0.770. The van der Waals surface area contributed by atoms with Crippen LogP contribution in [0.3, 0.4) is 0 Å². The lowest BCUT2D eigenvalue weighted by molar-refractivity contribution is -0.171. The van der Waals surface area contributed by atoms with Crippen molar-refractivity contribution in [3.63, 3.8) is 0 Å². The third kappa shape index (κ3) is 2.22. The number of carbonyl (C=O) groups excluding carboxylic acids is 1.